The molecule has 0 saturated heterocycles. The van der Waals surface area contributed by atoms with Gasteiger partial charge < -0.3 is 0 Å². The summed E-state index contributed by atoms with van der Waals surface area (Å²) in [6.45, 7) is 1.77. The van der Waals surface area contributed by atoms with Crippen molar-refractivity contribution in [2.45, 2.75) is 6.92 Å². The number of pyridine rings is 1. The summed E-state index contributed by atoms with van der Waals surface area (Å²) in [4.78, 5) is 15.8. The Bertz CT molecular complexity index is 534. The van der Waals surface area contributed by atoms with Gasteiger partial charge in [0, 0.05) is 6.20 Å². The zero-order valence-corrected chi connectivity index (χ0v) is 9.58. The number of hydrogen-bond donors (Lipinski definition) is 2. The van der Waals surface area contributed by atoms with Gasteiger partial charge in [-0.3, -0.25) is 14.6 Å². The van der Waals surface area contributed by atoms with Gasteiger partial charge >= 0.3 is 0 Å². The van der Waals surface area contributed by atoms with Gasteiger partial charge in [-0.1, -0.05) is 0 Å². The Morgan fingerprint density at radius 3 is 3.07 bits per heavy atom. The molecule has 3 N–H and O–H groups in total. The lowest BCUT2D eigenvalue weighted by molar-refractivity contribution is 0.0947. The average Bonchev–Trinajstić information content (AvgIpc) is 2.55. The Hall–Kier alpha value is -1.40. The van der Waals surface area contributed by atoms with Crippen LogP contribution in [0.2, 0.25) is 0 Å². The number of fused-ring (bicyclic) bond motifs is 1. The Labute approximate surface area is 94.4 Å². The summed E-state index contributed by atoms with van der Waals surface area (Å²) < 4.78 is 2.53. The molecule has 0 aliphatic carbocycles. The molecule has 0 bridgehead atoms. The zero-order chi connectivity index (χ0) is 11.0. The van der Waals surface area contributed by atoms with E-state index >= 15 is 0 Å². The van der Waals surface area contributed by atoms with E-state index in [2.05, 4.69) is 26.3 Å². The second-order valence-corrected chi connectivity index (χ2v) is 3.92. The van der Waals surface area contributed by atoms with E-state index in [0.29, 0.717) is 17.0 Å². The molecule has 0 atom stereocenters. The molecule has 0 radical (unpaired) electrons. The fourth-order valence-electron chi connectivity index (χ4n) is 1.49. The predicted octanol–water partition coefficient (Wildman–Crippen LogP) is 1.01. The van der Waals surface area contributed by atoms with Gasteiger partial charge in [0.15, 0.2) is 5.65 Å². The van der Waals surface area contributed by atoms with E-state index in [1.54, 1.807) is 17.5 Å². The van der Waals surface area contributed by atoms with Gasteiger partial charge in [-0.2, -0.15) is 0 Å². The van der Waals surface area contributed by atoms with Gasteiger partial charge in [0.2, 0.25) is 0 Å². The van der Waals surface area contributed by atoms with Crippen molar-refractivity contribution in [3.63, 3.8) is 0 Å². The summed E-state index contributed by atoms with van der Waals surface area (Å²) in [5.41, 5.74) is 3.90. The average molecular weight is 269 g/mol. The van der Waals surface area contributed by atoms with Crippen molar-refractivity contribution < 1.29 is 4.79 Å². The summed E-state index contributed by atoms with van der Waals surface area (Å²) in [5.74, 6) is 4.76. The maximum Gasteiger partial charge on any atom is 0.284 e. The van der Waals surface area contributed by atoms with Crippen molar-refractivity contribution in [2.75, 3.05) is 0 Å². The number of rotatable bonds is 1. The van der Waals surface area contributed by atoms with Gasteiger partial charge in [0.05, 0.1) is 10.2 Å². The van der Waals surface area contributed by atoms with Crippen LogP contribution < -0.4 is 11.3 Å². The van der Waals surface area contributed by atoms with Crippen molar-refractivity contribution >= 4 is 27.5 Å². The van der Waals surface area contributed by atoms with E-state index in [-0.39, 0.29) is 5.91 Å². The summed E-state index contributed by atoms with van der Waals surface area (Å²) in [6.07, 6.45) is 1.77. The highest BCUT2D eigenvalue weighted by Crippen LogP contribution is 2.19. The van der Waals surface area contributed by atoms with Crippen LogP contribution in [0.5, 0.6) is 0 Å². The predicted molar refractivity (Wildman–Crippen MR) is 59.3 cm³/mol. The van der Waals surface area contributed by atoms with Crippen LogP contribution in [0.1, 0.15) is 16.2 Å². The second kappa shape index (κ2) is 3.63. The Morgan fingerprint density at radius 2 is 2.40 bits per heavy atom. The van der Waals surface area contributed by atoms with Crippen molar-refractivity contribution in [1.82, 2.24) is 14.8 Å². The first-order valence-corrected chi connectivity index (χ1v) is 5.08. The first-order valence-electron chi connectivity index (χ1n) is 4.29. The second-order valence-electron chi connectivity index (χ2n) is 3.07. The van der Waals surface area contributed by atoms with Crippen molar-refractivity contribution in [3.05, 3.63) is 34.2 Å². The van der Waals surface area contributed by atoms with Crippen LogP contribution >= 0.6 is 15.9 Å². The normalized spacial score (nSPS) is 10.6. The number of amides is 1. The van der Waals surface area contributed by atoms with Crippen LogP contribution in [-0.2, 0) is 0 Å². The minimum atomic E-state index is -0.349. The summed E-state index contributed by atoms with van der Waals surface area (Å²) in [6, 6.07) is 3.69. The number of nitrogens with two attached hydrogens (primary N) is 1. The number of aryl methyl sites for hydroxylation is 1. The van der Waals surface area contributed by atoms with Gasteiger partial charge in [-0.05, 0) is 35.0 Å². The first kappa shape index (κ1) is 10.1. The maximum atomic E-state index is 11.5. The standard InChI is InChI=1S/C9H9BrN4O/c1-5-7(9(15)13-11)14-4-2-3-6(10)8(14)12-5/h2-4H,11H2,1H3,(H,13,15). The van der Waals surface area contributed by atoms with Crippen LogP contribution in [0.3, 0.4) is 0 Å². The van der Waals surface area contributed by atoms with E-state index in [9.17, 15) is 4.79 Å². The van der Waals surface area contributed by atoms with Gasteiger partial charge in [-0.25, -0.2) is 10.8 Å². The highest BCUT2D eigenvalue weighted by atomic mass is 79.9. The fourth-order valence-corrected chi connectivity index (χ4v) is 1.92. The van der Waals surface area contributed by atoms with E-state index in [4.69, 9.17) is 5.84 Å². The monoisotopic (exact) mass is 268 g/mol. The highest BCUT2D eigenvalue weighted by Gasteiger charge is 2.16. The number of carbonyl (C=O) groups excluding carboxylic acids is 1. The Balaban J connectivity index is 2.79. The van der Waals surface area contributed by atoms with Crippen LogP contribution in [0.25, 0.3) is 5.65 Å². The molecule has 0 aromatic carbocycles. The van der Waals surface area contributed by atoms with Gasteiger partial charge in [0.1, 0.15) is 5.69 Å². The number of imidazole rings is 1. The quantitative estimate of drug-likeness (QED) is 0.461. The third kappa shape index (κ3) is 1.51. The number of nitrogens with one attached hydrogen (secondary N) is 1. The Morgan fingerprint density at radius 1 is 1.67 bits per heavy atom. The van der Waals surface area contributed by atoms with Crippen LogP contribution in [0, 0.1) is 6.92 Å². The molecular formula is C9H9BrN4O. The summed E-state index contributed by atoms with van der Waals surface area (Å²) in [5, 5.41) is 0. The Kier molecular flexibility index (Phi) is 2.45. The van der Waals surface area contributed by atoms with Crippen molar-refractivity contribution in [1.29, 1.82) is 0 Å². The minimum absolute atomic E-state index is 0.349. The molecule has 0 saturated carbocycles. The molecular weight excluding hydrogens is 260 g/mol. The summed E-state index contributed by atoms with van der Waals surface area (Å²) >= 11 is 3.37. The van der Waals surface area contributed by atoms with Crippen molar-refractivity contribution in [2.24, 2.45) is 5.84 Å². The van der Waals surface area contributed by atoms with E-state index in [0.717, 1.165) is 4.47 Å². The number of nitrogens with zero attached hydrogens (tertiary/aromatic N) is 2. The number of aromatic nitrogens is 2. The van der Waals surface area contributed by atoms with E-state index < -0.39 is 0 Å². The maximum absolute atomic E-state index is 11.5. The van der Waals surface area contributed by atoms with Crippen LogP contribution in [0.4, 0.5) is 0 Å². The lowest BCUT2D eigenvalue weighted by Crippen LogP contribution is -2.31. The molecule has 2 rings (SSSR count). The lowest BCUT2D eigenvalue weighted by atomic mass is 10.3. The number of hydrazine groups is 1. The SMILES string of the molecule is Cc1nc2c(Br)cccn2c1C(=O)NN. The smallest absolute Gasteiger partial charge is 0.284 e. The fraction of sp³-hybridized carbons (Fsp3) is 0.111. The van der Waals surface area contributed by atoms with E-state index in [1.807, 2.05) is 12.1 Å². The number of nitrogen functional groups attached to an aromatic ring is 1. The molecule has 15 heavy (non-hydrogen) atoms. The zero-order valence-electron chi connectivity index (χ0n) is 7.99. The molecule has 1 amide bonds. The highest BCUT2D eigenvalue weighted by molar-refractivity contribution is 9.10. The number of hydrogen-bond acceptors (Lipinski definition) is 3. The van der Waals surface area contributed by atoms with Crippen molar-refractivity contribution in [3.8, 4) is 0 Å². The molecule has 2 aromatic heterocycles. The molecule has 78 valence electrons. The number of carbonyl (C=O) groups is 1. The largest absolute Gasteiger partial charge is 0.294 e. The van der Waals surface area contributed by atoms with Crippen LogP contribution in [0.15, 0.2) is 22.8 Å². The van der Waals surface area contributed by atoms with E-state index in [1.165, 1.54) is 0 Å². The molecule has 5 nitrogen and oxygen atoms in total. The van der Waals surface area contributed by atoms with Gasteiger partial charge in [-0.15, -0.1) is 0 Å². The molecule has 0 spiro atoms. The minimum Gasteiger partial charge on any atom is -0.294 e. The molecule has 0 unspecified atom stereocenters. The molecule has 2 aromatic rings. The molecule has 0 aliphatic rings. The summed E-state index contributed by atoms with van der Waals surface area (Å²) in [7, 11) is 0. The van der Waals surface area contributed by atoms with Gasteiger partial charge in [0.25, 0.3) is 5.91 Å². The third-order valence-corrected chi connectivity index (χ3v) is 2.74. The molecule has 0 aliphatic heterocycles. The molecule has 6 heteroatoms. The lowest BCUT2D eigenvalue weighted by Gasteiger charge is -2.01. The topological polar surface area (TPSA) is 72.4 Å². The first-order chi connectivity index (χ1) is 7.15. The number of halogens is 1. The molecule has 0 fully saturated rings. The molecule has 2 heterocycles. The van der Waals surface area contributed by atoms with Crippen LogP contribution in [-0.4, -0.2) is 15.3 Å². The third-order valence-electron chi connectivity index (χ3n) is 2.12.